The van der Waals surface area contributed by atoms with Crippen LogP contribution in [0.4, 0.5) is 5.82 Å². The maximum absolute atomic E-state index is 12.6. The highest BCUT2D eigenvalue weighted by atomic mass is 32.2. The smallest absolute Gasteiger partial charge is 0.251 e. The van der Waals surface area contributed by atoms with E-state index in [1.54, 1.807) is 18.0 Å². The van der Waals surface area contributed by atoms with Crippen molar-refractivity contribution in [3.63, 3.8) is 0 Å². The summed E-state index contributed by atoms with van der Waals surface area (Å²) in [5.74, 6) is 1.75. The first kappa shape index (κ1) is 22.2. The Labute approximate surface area is 204 Å². The molecule has 1 aliphatic heterocycles. The van der Waals surface area contributed by atoms with Gasteiger partial charge in [-0.25, -0.2) is 4.98 Å². The van der Waals surface area contributed by atoms with Gasteiger partial charge in [0.25, 0.3) is 5.91 Å². The number of rotatable bonds is 7. The maximum atomic E-state index is 12.6. The fourth-order valence-corrected chi connectivity index (χ4v) is 4.87. The monoisotopic (exact) mass is 466 g/mol. The lowest BCUT2D eigenvalue weighted by Crippen LogP contribution is -2.31. The van der Waals surface area contributed by atoms with E-state index in [9.17, 15) is 4.79 Å². The van der Waals surface area contributed by atoms with Gasteiger partial charge in [0.2, 0.25) is 0 Å². The molecule has 5 rings (SSSR count). The third-order valence-electron chi connectivity index (χ3n) is 5.96. The number of amides is 1. The number of anilines is 1. The number of carbonyl (C=O) groups excluding carboxylic acids is 1. The number of carbonyl (C=O) groups is 1. The molecule has 0 spiro atoms. The first-order valence-electron chi connectivity index (χ1n) is 11.4. The fourth-order valence-electron chi connectivity index (χ4n) is 4.04. The van der Waals surface area contributed by atoms with Crippen molar-refractivity contribution in [3.8, 4) is 0 Å². The van der Waals surface area contributed by atoms with Crippen LogP contribution < -0.4 is 10.2 Å². The van der Waals surface area contributed by atoms with E-state index in [1.807, 2.05) is 54.9 Å². The van der Waals surface area contributed by atoms with E-state index in [1.165, 1.54) is 16.7 Å². The van der Waals surface area contributed by atoms with E-state index in [2.05, 4.69) is 50.5 Å². The molecule has 0 aliphatic carbocycles. The Bertz CT molecular complexity index is 1240. The fraction of sp³-hybridized carbons (Fsp3) is 0.179. The zero-order valence-corrected chi connectivity index (χ0v) is 19.7. The van der Waals surface area contributed by atoms with Crippen molar-refractivity contribution in [2.75, 3.05) is 11.4 Å². The minimum Gasteiger partial charge on any atom is -0.352 e. The summed E-state index contributed by atoms with van der Waals surface area (Å²) in [5.41, 5.74) is 5.62. The summed E-state index contributed by atoms with van der Waals surface area (Å²) in [7, 11) is 0. The Balaban J connectivity index is 1.12. The predicted octanol–water partition coefficient (Wildman–Crippen LogP) is 5.26. The number of nitrogens with zero attached hydrogens (tertiary/aromatic N) is 3. The second-order valence-corrected chi connectivity index (χ2v) is 9.37. The van der Waals surface area contributed by atoms with Gasteiger partial charge in [0.05, 0.1) is 0 Å². The highest BCUT2D eigenvalue weighted by molar-refractivity contribution is 7.98. The van der Waals surface area contributed by atoms with Crippen molar-refractivity contribution in [1.29, 1.82) is 0 Å². The van der Waals surface area contributed by atoms with Crippen molar-refractivity contribution in [2.45, 2.75) is 30.2 Å². The molecule has 4 aromatic rings. The Hall–Kier alpha value is -3.64. The van der Waals surface area contributed by atoms with E-state index in [4.69, 9.17) is 0 Å². The van der Waals surface area contributed by atoms with E-state index in [0.717, 1.165) is 41.5 Å². The van der Waals surface area contributed by atoms with Gasteiger partial charge in [-0.15, -0.1) is 11.8 Å². The topological polar surface area (TPSA) is 58.1 Å². The number of fused-ring (bicyclic) bond motifs is 1. The summed E-state index contributed by atoms with van der Waals surface area (Å²) in [5, 5.41) is 3.00. The molecule has 3 heterocycles. The average molecular weight is 467 g/mol. The Kier molecular flexibility index (Phi) is 6.86. The number of aromatic nitrogens is 2. The molecule has 6 heteroatoms. The van der Waals surface area contributed by atoms with Crippen LogP contribution in [0.2, 0.25) is 0 Å². The summed E-state index contributed by atoms with van der Waals surface area (Å²) in [6.45, 7) is 2.30. The maximum Gasteiger partial charge on any atom is 0.251 e. The molecule has 1 aliphatic rings. The molecule has 0 unspecified atom stereocenters. The predicted molar refractivity (Wildman–Crippen MR) is 137 cm³/mol. The van der Waals surface area contributed by atoms with Gasteiger partial charge < -0.3 is 10.2 Å². The van der Waals surface area contributed by atoms with Crippen LogP contribution in [0.1, 0.15) is 32.6 Å². The van der Waals surface area contributed by atoms with Crippen LogP contribution >= 0.6 is 11.8 Å². The molecule has 5 nitrogen and oxygen atoms in total. The summed E-state index contributed by atoms with van der Waals surface area (Å²) in [6, 6.07) is 24.4. The van der Waals surface area contributed by atoms with Gasteiger partial charge in [0.1, 0.15) is 5.82 Å². The van der Waals surface area contributed by atoms with Crippen LogP contribution in [-0.2, 0) is 25.3 Å². The molecule has 2 aromatic heterocycles. The second-order valence-electron chi connectivity index (χ2n) is 8.32. The van der Waals surface area contributed by atoms with E-state index in [-0.39, 0.29) is 5.91 Å². The molecule has 170 valence electrons. The standard InChI is InChI=1S/C28H26N4OS/c33-28(24-8-10-26(11-9-24)34-20-22-4-3-14-29-16-22)31-18-21-7-12-27(30-17-21)32-15-13-23-5-1-2-6-25(23)19-32/h1-12,14,16-17H,13,15,18-20H2,(H,31,33). The number of hydrogen-bond acceptors (Lipinski definition) is 5. The second kappa shape index (κ2) is 10.5. The molecule has 1 N–H and O–H groups in total. The summed E-state index contributed by atoms with van der Waals surface area (Å²) < 4.78 is 0. The highest BCUT2D eigenvalue weighted by Gasteiger charge is 2.16. The van der Waals surface area contributed by atoms with Crippen LogP contribution in [0, 0.1) is 0 Å². The zero-order chi connectivity index (χ0) is 23.2. The molecule has 2 aromatic carbocycles. The van der Waals surface area contributed by atoms with E-state index < -0.39 is 0 Å². The number of nitrogens with one attached hydrogen (secondary N) is 1. The normalized spacial score (nSPS) is 12.8. The molecule has 0 saturated heterocycles. The van der Waals surface area contributed by atoms with Crippen LogP contribution in [0.15, 0.2) is 96.3 Å². The number of benzene rings is 2. The molecule has 0 atom stereocenters. The molecule has 0 bridgehead atoms. The Morgan fingerprint density at radius 3 is 2.53 bits per heavy atom. The van der Waals surface area contributed by atoms with E-state index >= 15 is 0 Å². The van der Waals surface area contributed by atoms with Crippen molar-refractivity contribution in [3.05, 3.63) is 119 Å². The first-order chi connectivity index (χ1) is 16.7. The first-order valence-corrected chi connectivity index (χ1v) is 12.4. The third-order valence-corrected chi connectivity index (χ3v) is 7.04. The van der Waals surface area contributed by atoms with Gasteiger partial charge >= 0.3 is 0 Å². The molecule has 1 amide bonds. The summed E-state index contributed by atoms with van der Waals surface area (Å²) >= 11 is 1.73. The lowest BCUT2D eigenvalue weighted by molar-refractivity contribution is 0.0951. The molecule has 34 heavy (non-hydrogen) atoms. The van der Waals surface area contributed by atoms with Crippen LogP contribution in [0.25, 0.3) is 0 Å². The Morgan fingerprint density at radius 2 is 1.76 bits per heavy atom. The van der Waals surface area contributed by atoms with Crippen molar-refractivity contribution >= 4 is 23.5 Å². The van der Waals surface area contributed by atoms with Gasteiger partial charge in [-0.05, 0) is 65.1 Å². The quantitative estimate of drug-likeness (QED) is 0.377. The van der Waals surface area contributed by atoms with Gasteiger partial charge in [-0.2, -0.15) is 0 Å². The average Bonchev–Trinajstić information content (AvgIpc) is 2.91. The Morgan fingerprint density at radius 1 is 0.912 bits per heavy atom. The highest BCUT2D eigenvalue weighted by Crippen LogP contribution is 2.24. The van der Waals surface area contributed by atoms with Crippen LogP contribution in [0.5, 0.6) is 0 Å². The SMILES string of the molecule is O=C(NCc1ccc(N2CCc3ccccc3C2)nc1)c1ccc(SCc2cccnc2)cc1. The van der Waals surface area contributed by atoms with Gasteiger partial charge in [0, 0.05) is 54.4 Å². The van der Waals surface area contributed by atoms with Crippen molar-refractivity contribution < 1.29 is 4.79 Å². The molecular weight excluding hydrogens is 440 g/mol. The van der Waals surface area contributed by atoms with Gasteiger partial charge in [0.15, 0.2) is 0 Å². The molecule has 0 saturated carbocycles. The summed E-state index contributed by atoms with van der Waals surface area (Å²) in [4.78, 5) is 24.8. The molecule has 0 radical (unpaired) electrons. The number of pyridine rings is 2. The third kappa shape index (κ3) is 5.46. The lowest BCUT2D eigenvalue weighted by Gasteiger charge is -2.29. The molecule has 0 fully saturated rings. The largest absolute Gasteiger partial charge is 0.352 e. The number of hydrogen-bond donors (Lipinski definition) is 1. The summed E-state index contributed by atoms with van der Waals surface area (Å²) in [6.07, 6.45) is 6.55. The lowest BCUT2D eigenvalue weighted by atomic mass is 10.00. The van der Waals surface area contributed by atoms with Crippen molar-refractivity contribution in [2.24, 2.45) is 0 Å². The van der Waals surface area contributed by atoms with Gasteiger partial charge in [-0.1, -0.05) is 36.4 Å². The van der Waals surface area contributed by atoms with Crippen LogP contribution in [-0.4, -0.2) is 22.4 Å². The van der Waals surface area contributed by atoms with E-state index in [0.29, 0.717) is 12.1 Å². The zero-order valence-electron chi connectivity index (χ0n) is 18.9. The minimum absolute atomic E-state index is 0.0828. The van der Waals surface area contributed by atoms with Crippen LogP contribution in [0.3, 0.4) is 0 Å². The molecular formula is C28H26N4OS. The van der Waals surface area contributed by atoms with Gasteiger partial charge in [-0.3, -0.25) is 9.78 Å². The number of thioether (sulfide) groups is 1. The minimum atomic E-state index is -0.0828. The van der Waals surface area contributed by atoms with Crippen molar-refractivity contribution in [1.82, 2.24) is 15.3 Å².